The molecule has 2 aromatic carbocycles. The van der Waals surface area contributed by atoms with Crippen LogP contribution >= 0.6 is 0 Å². The number of carbonyl (C=O) groups is 1. The van der Waals surface area contributed by atoms with Crippen LogP contribution in [0.3, 0.4) is 0 Å². The van der Waals surface area contributed by atoms with Gasteiger partial charge in [-0.15, -0.1) is 0 Å². The van der Waals surface area contributed by atoms with Crippen LogP contribution in [0.15, 0.2) is 66.7 Å². The highest BCUT2D eigenvalue weighted by atomic mass is 16.5. The Labute approximate surface area is 186 Å². The molecule has 0 amide bonds. The van der Waals surface area contributed by atoms with Crippen molar-refractivity contribution in [2.45, 2.75) is 6.54 Å². The molecule has 1 aliphatic heterocycles. The normalized spacial score (nSPS) is 14.4. The summed E-state index contributed by atoms with van der Waals surface area (Å²) < 4.78 is 7.72. The van der Waals surface area contributed by atoms with Crippen molar-refractivity contribution in [1.82, 2.24) is 14.5 Å². The predicted molar refractivity (Wildman–Crippen MR) is 125 cm³/mol. The van der Waals surface area contributed by atoms with Crippen molar-refractivity contribution in [3.63, 3.8) is 0 Å². The summed E-state index contributed by atoms with van der Waals surface area (Å²) >= 11 is 0. The highest BCUT2D eigenvalue weighted by molar-refractivity contribution is 6.17. The third kappa shape index (κ3) is 3.35. The second-order valence-electron chi connectivity index (χ2n) is 8.28. The maximum atomic E-state index is 12.9. The van der Waals surface area contributed by atoms with Crippen LogP contribution in [0.2, 0.25) is 0 Å². The molecule has 160 valence electrons. The van der Waals surface area contributed by atoms with Crippen molar-refractivity contribution in [3.05, 3.63) is 83.4 Å². The zero-order valence-electron chi connectivity index (χ0n) is 18.2. The maximum absolute atomic E-state index is 12.9. The van der Waals surface area contributed by atoms with E-state index in [2.05, 4.69) is 48.2 Å². The first-order chi connectivity index (χ1) is 15.4. The van der Waals surface area contributed by atoms with Gasteiger partial charge < -0.3 is 19.3 Å². The lowest BCUT2D eigenvalue weighted by Crippen LogP contribution is -2.10. The summed E-state index contributed by atoms with van der Waals surface area (Å²) in [6.07, 6.45) is 5.47. The van der Waals surface area contributed by atoms with Gasteiger partial charge in [0.25, 0.3) is 0 Å². The number of ether oxygens (including phenoxy) is 1. The summed E-state index contributed by atoms with van der Waals surface area (Å²) in [5.74, 6) is 0.157. The van der Waals surface area contributed by atoms with Crippen molar-refractivity contribution in [2.75, 3.05) is 14.1 Å². The van der Waals surface area contributed by atoms with Crippen LogP contribution in [0.1, 0.15) is 21.5 Å². The number of benzene rings is 2. The van der Waals surface area contributed by atoms with E-state index < -0.39 is 0 Å². The largest absolute Gasteiger partial charge is 0.507 e. The molecule has 0 spiro atoms. The zero-order chi connectivity index (χ0) is 22.4. The van der Waals surface area contributed by atoms with Gasteiger partial charge in [-0.3, -0.25) is 4.79 Å². The summed E-state index contributed by atoms with van der Waals surface area (Å²) in [7, 11) is 6.03. The van der Waals surface area contributed by atoms with Gasteiger partial charge >= 0.3 is 0 Å². The van der Waals surface area contributed by atoms with Crippen LogP contribution in [0.4, 0.5) is 0 Å². The van der Waals surface area contributed by atoms with Gasteiger partial charge in [0, 0.05) is 36.9 Å². The molecule has 0 saturated carbocycles. The minimum absolute atomic E-state index is 0.0750. The fraction of sp³-hybridized carbons (Fsp3) is 0.154. The number of phenolic OH excluding ortho intramolecular Hbond substituents is 1. The van der Waals surface area contributed by atoms with Gasteiger partial charge in [-0.1, -0.05) is 30.3 Å². The molecule has 0 radical (unpaired) electrons. The van der Waals surface area contributed by atoms with Gasteiger partial charge in [-0.2, -0.15) is 0 Å². The Kier molecular flexibility index (Phi) is 4.79. The fourth-order valence-electron chi connectivity index (χ4n) is 4.20. The van der Waals surface area contributed by atoms with Gasteiger partial charge in [0.05, 0.1) is 0 Å². The average molecular weight is 425 g/mol. The van der Waals surface area contributed by atoms with E-state index >= 15 is 0 Å². The standard InChI is InChI=1S/C26H23N3O3/c1-28(2)14-16-7-9-17(10-8-16)19-11-12-27-26-23(19)18(15-29(26)3)13-22-25(31)24-20(30)5-4-6-21(24)32-22/h4-13,15,30H,14H2,1-3H3/b22-13-. The summed E-state index contributed by atoms with van der Waals surface area (Å²) in [4.78, 5) is 19.6. The van der Waals surface area contributed by atoms with Crippen molar-refractivity contribution >= 4 is 22.9 Å². The molecular formula is C26H23N3O3. The number of allylic oxidation sites excluding steroid dienone is 1. The first kappa shape index (κ1) is 20.0. The molecule has 0 fully saturated rings. The molecule has 0 unspecified atom stereocenters. The van der Waals surface area contributed by atoms with E-state index in [0.29, 0.717) is 5.75 Å². The molecule has 0 saturated heterocycles. The molecule has 0 bridgehead atoms. The Bertz CT molecular complexity index is 1380. The number of pyridine rings is 1. The molecule has 3 heterocycles. The Morgan fingerprint density at radius 2 is 1.91 bits per heavy atom. The first-order valence-electron chi connectivity index (χ1n) is 10.4. The second-order valence-corrected chi connectivity index (χ2v) is 8.28. The van der Waals surface area contributed by atoms with Gasteiger partial charge in [0.15, 0.2) is 5.76 Å². The molecule has 1 aliphatic rings. The van der Waals surface area contributed by atoms with E-state index in [1.165, 1.54) is 11.6 Å². The molecule has 0 atom stereocenters. The highest BCUT2D eigenvalue weighted by Gasteiger charge is 2.30. The molecule has 0 aliphatic carbocycles. The number of aryl methyl sites for hydroxylation is 1. The molecule has 6 heteroatoms. The number of ketones is 1. The lowest BCUT2D eigenvalue weighted by Gasteiger charge is -2.11. The number of Topliss-reactive ketones (excluding diaryl/α,β-unsaturated/α-hetero) is 1. The van der Waals surface area contributed by atoms with E-state index in [4.69, 9.17) is 4.74 Å². The summed E-state index contributed by atoms with van der Waals surface area (Å²) in [6, 6.07) is 15.3. The predicted octanol–water partition coefficient (Wildman–Crippen LogP) is 4.62. The van der Waals surface area contributed by atoms with E-state index in [-0.39, 0.29) is 22.9 Å². The van der Waals surface area contributed by atoms with Crippen LogP contribution in [0.5, 0.6) is 11.5 Å². The van der Waals surface area contributed by atoms with Gasteiger partial charge in [0.2, 0.25) is 5.78 Å². The minimum Gasteiger partial charge on any atom is -0.507 e. The molecule has 4 aromatic rings. The van der Waals surface area contributed by atoms with Gasteiger partial charge in [0.1, 0.15) is 22.7 Å². The Morgan fingerprint density at radius 3 is 2.62 bits per heavy atom. The number of hydrogen-bond acceptors (Lipinski definition) is 5. The number of aromatic hydroxyl groups is 1. The van der Waals surface area contributed by atoms with E-state index in [0.717, 1.165) is 34.3 Å². The maximum Gasteiger partial charge on any atom is 0.235 e. The smallest absolute Gasteiger partial charge is 0.235 e. The number of nitrogens with zero attached hydrogens (tertiary/aromatic N) is 3. The van der Waals surface area contributed by atoms with Crippen molar-refractivity contribution in [1.29, 1.82) is 0 Å². The number of aromatic nitrogens is 2. The number of carbonyl (C=O) groups excluding carboxylic acids is 1. The quantitative estimate of drug-likeness (QED) is 0.483. The van der Waals surface area contributed by atoms with E-state index in [1.807, 2.05) is 23.9 Å². The first-order valence-corrected chi connectivity index (χ1v) is 10.4. The number of rotatable bonds is 4. The van der Waals surface area contributed by atoms with Crippen LogP contribution in [0.25, 0.3) is 28.2 Å². The molecular weight excluding hydrogens is 402 g/mol. The van der Waals surface area contributed by atoms with E-state index in [1.54, 1.807) is 24.4 Å². The van der Waals surface area contributed by atoms with Crippen LogP contribution < -0.4 is 4.74 Å². The van der Waals surface area contributed by atoms with Gasteiger partial charge in [-0.25, -0.2) is 4.98 Å². The van der Waals surface area contributed by atoms with Crippen LogP contribution in [0, 0.1) is 0 Å². The SMILES string of the molecule is CN(C)Cc1ccc(-c2ccnc3c2c(/C=C2\Oc4cccc(O)c4C2=O)cn3C)cc1. The van der Waals surface area contributed by atoms with Crippen molar-refractivity contribution in [3.8, 4) is 22.6 Å². The van der Waals surface area contributed by atoms with Crippen LogP contribution in [-0.4, -0.2) is 39.4 Å². The summed E-state index contributed by atoms with van der Waals surface area (Å²) in [5.41, 5.74) is 5.20. The molecule has 5 rings (SSSR count). The molecule has 1 N–H and O–H groups in total. The Hall–Kier alpha value is -3.90. The average Bonchev–Trinajstić information content (AvgIpc) is 3.26. The van der Waals surface area contributed by atoms with Crippen LogP contribution in [-0.2, 0) is 13.6 Å². The Balaban J connectivity index is 1.61. The molecule has 6 nitrogen and oxygen atoms in total. The van der Waals surface area contributed by atoms with Gasteiger partial charge in [-0.05, 0) is 55.1 Å². The lowest BCUT2D eigenvalue weighted by atomic mass is 9.99. The summed E-state index contributed by atoms with van der Waals surface area (Å²) in [6.45, 7) is 0.877. The molecule has 32 heavy (non-hydrogen) atoms. The monoisotopic (exact) mass is 425 g/mol. The highest BCUT2D eigenvalue weighted by Crippen LogP contribution is 2.39. The van der Waals surface area contributed by atoms with Crippen molar-refractivity contribution < 1.29 is 14.6 Å². The fourth-order valence-corrected chi connectivity index (χ4v) is 4.20. The number of fused-ring (bicyclic) bond motifs is 2. The zero-order valence-corrected chi connectivity index (χ0v) is 18.2. The lowest BCUT2D eigenvalue weighted by molar-refractivity contribution is 0.101. The minimum atomic E-state index is -0.325. The third-order valence-electron chi connectivity index (χ3n) is 5.61. The molecule has 2 aromatic heterocycles. The van der Waals surface area contributed by atoms with Crippen molar-refractivity contribution in [2.24, 2.45) is 7.05 Å². The summed E-state index contributed by atoms with van der Waals surface area (Å²) in [5, 5.41) is 11.0. The third-order valence-corrected chi connectivity index (χ3v) is 5.61. The second kappa shape index (κ2) is 7.66. The van der Waals surface area contributed by atoms with E-state index in [9.17, 15) is 9.90 Å². The number of phenols is 1. The number of hydrogen-bond donors (Lipinski definition) is 1. The topological polar surface area (TPSA) is 67.6 Å². The Morgan fingerprint density at radius 1 is 1.12 bits per heavy atom.